The van der Waals surface area contributed by atoms with Gasteiger partial charge in [-0.2, -0.15) is 0 Å². The number of hydroxylamine groups is 1. The van der Waals surface area contributed by atoms with Crippen LogP contribution in [0.4, 0.5) is 0 Å². The van der Waals surface area contributed by atoms with Crippen LogP contribution in [-0.4, -0.2) is 10.2 Å². The minimum absolute atomic E-state index is 0.418. The first-order valence-electron chi connectivity index (χ1n) is 5.47. The Morgan fingerprint density at radius 3 is 2.44 bits per heavy atom. The molecule has 2 aromatic rings. The van der Waals surface area contributed by atoms with Crippen LogP contribution < -0.4 is 10.2 Å². The molecule has 1 heterocycles. The predicted octanol–water partition coefficient (Wildman–Crippen LogP) is 2.79. The second-order valence-corrected chi connectivity index (χ2v) is 4.14. The van der Waals surface area contributed by atoms with E-state index in [4.69, 9.17) is 21.5 Å². The molecule has 0 saturated carbocycles. The highest BCUT2D eigenvalue weighted by atomic mass is 35.5. The number of nitrogens with zero attached hydrogens (tertiary/aromatic N) is 1. The van der Waals surface area contributed by atoms with Gasteiger partial charge < -0.3 is 9.94 Å². The molecule has 0 bridgehead atoms. The number of ether oxygens (including phenoxy) is 1. The monoisotopic (exact) mass is 264 g/mol. The number of nitrogens with one attached hydrogen (secondary N) is 1. The van der Waals surface area contributed by atoms with Gasteiger partial charge in [0.05, 0.1) is 0 Å². The molecule has 0 spiro atoms. The van der Waals surface area contributed by atoms with Crippen LogP contribution in [0.15, 0.2) is 42.6 Å². The van der Waals surface area contributed by atoms with E-state index in [1.807, 2.05) is 30.3 Å². The van der Waals surface area contributed by atoms with E-state index in [2.05, 4.69) is 10.5 Å². The number of halogens is 1. The van der Waals surface area contributed by atoms with Crippen molar-refractivity contribution >= 4 is 11.6 Å². The third kappa shape index (κ3) is 3.70. The fourth-order valence-electron chi connectivity index (χ4n) is 1.45. The van der Waals surface area contributed by atoms with Crippen LogP contribution in [0.25, 0.3) is 0 Å². The Morgan fingerprint density at radius 2 is 1.83 bits per heavy atom. The molecule has 0 fully saturated rings. The number of rotatable bonds is 5. The molecule has 1 aromatic carbocycles. The molecular weight excluding hydrogens is 252 g/mol. The van der Waals surface area contributed by atoms with E-state index >= 15 is 0 Å². The Kier molecular flexibility index (Phi) is 4.52. The van der Waals surface area contributed by atoms with E-state index < -0.39 is 0 Å². The topological polar surface area (TPSA) is 54.4 Å². The van der Waals surface area contributed by atoms with Crippen molar-refractivity contribution in [3.05, 3.63) is 58.9 Å². The Labute approximate surface area is 110 Å². The summed E-state index contributed by atoms with van der Waals surface area (Å²) in [5.41, 5.74) is 4.05. The van der Waals surface area contributed by atoms with E-state index in [0.29, 0.717) is 18.3 Å². The normalized spacial score (nSPS) is 10.3. The van der Waals surface area contributed by atoms with E-state index in [1.165, 1.54) is 0 Å². The van der Waals surface area contributed by atoms with Crippen LogP contribution in [0.1, 0.15) is 11.1 Å². The summed E-state index contributed by atoms with van der Waals surface area (Å²) in [6.07, 6.45) is 1.69. The molecule has 0 saturated heterocycles. The molecule has 2 rings (SSSR count). The summed E-state index contributed by atoms with van der Waals surface area (Å²) in [4.78, 5) is 3.98. The van der Waals surface area contributed by atoms with Gasteiger partial charge >= 0.3 is 0 Å². The van der Waals surface area contributed by atoms with Crippen molar-refractivity contribution < 1.29 is 9.94 Å². The molecule has 0 aliphatic heterocycles. The van der Waals surface area contributed by atoms with Gasteiger partial charge in [-0.3, -0.25) is 0 Å². The van der Waals surface area contributed by atoms with Gasteiger partial charge in [-0.15, -0.1) is 0 Å². The van der Waals surface area contributed by atoms with Crippen molar-refractivity contribution in [2.75, 3.05) is 0 Å². The summed E-state index contributed by atoms with van der Waals surface area (Å²) in [5.74, 6) is 0.770. The lowest BCUT2D eigenvalue weighted by atomic mass is 10.2. The molecule has 1 aromatic heterocycles. The molecular formula is C13H13ClN2O2. The molecule has 0 aliphatic rings. The summed E-state index contributed by atoms with van der Waals surface area (Å²) >= 11 is 5.70. The van der Waals surface area contributed by atoms with Crippen LogP contribution in [0.3, 0.4) is 0 Å². The maximum Gasteiger partial charge on any atom is 0.129 e. The predicted molar refractivity (Wildman–Crippen MR) is 68.6 cm³/mol. The Hall–Kier alpha value is -1.62. The van der Waals surface area contributed by atoms with Gasteiger partial charge in [0.2, 0.25) is 0 Å². The Bertz CT molecular complexity index is 485. The van der Waals surface area contributed by atoms with Gasteiger partial charge in [0.15, 0.2) is 0 Å². The molecule has 0 atom stereocenters. The van der Waals surface area contributed by atoms with Crippen molar-refractivity contribution in [1.82, 2.24) is 10.5 Å². The molecule has 4 nitrogen and oxygen atoms in total. The zero-order valence-corrected chi connectivity index (χ0v) is 10.4. The summed E-state index contributed by atoms with van der Waals surface area (Å²) in [6, 6.07) is 11.1. The highest BCUT2D eigenvalue weighted by molar-refractivity contribution is 6.29. The molecule has 94 valence electrons. The first-order chi connectivity index (χ1) is 8.78. The van der Waals surface area contributed by atoms with Gasteiger partial charge in [-0.25, -0.2) is 10.5 Å². The van der Waals surface area contributed by atoms with Crippen LogP contribution >= 0.6 is 11.6 Å². The van der Waals surface area contributed by atoms with Crippen LogP contribution in [0, 0.1) is 0 Å². The number of hydrogen-bond donors (Lipinski definition) is 2. The smallest absolute Gasteiger partial charge is 0.129 e. The summed E-state index contributed by atoms with van der Waals surface area (Å²) in [5, 5.41) is 9.04. The Morgan fingerprint density at radius 1 is 1.11 bits per heavy atom. The van der Waals surface area contributed by atoms with Gasteiger partial charge in [-0.05, 0) is 23.8 Å². The van der Waals surface area contributed by atoms with E-state index in [-0.39, 0.29) is 0 Å². The quantitative estimate of drug-likeness (QED) is 0.644. The minimum atomic E-state index is 0.418. The number of hydrogen-bond acceptors (Lipinski definition) is 4. The lowest BCUT2D eigenvalue weighted by molar-refractivity contribution is 0.161. The molecule has 18 heavy (non-hydrogen) atoms. The summed E-state index contributed by atoms with van der Waals surface area (Å²) in [6.45, 7) is 0.864. The van der Waals surface area contributed by atoms with Crippen LogP contribution in [0.5, 0.6) is 5.75 Å². The average molecular weight is 265 g/mol. The van der Waals surface area contributed by atoms with Crippen molar-refractivity contribution in [2.24, 2.45) is 0 Å². The lowest BCUT2D eigenvalue weighted by Gasteiger charge is -2.07. The minimum Gasteiger partial charge on any atom is -0.489 e. The number of pyridine rings is 1. The van der Waals surface area contributed by atoms with E-state index in [1.54, 1.807) is 12.3 Å². The summed E-state index contributed by atoms with van der Waals surface area (Å²) < 4.78 is 5.60. The number of aromatic nitrogens is 1. The second kappa shape index (κ2) is 6.35. The highest BCUT2D eigenvalue weighted by Gasteiger charge is 1.98. The average Bonchev–Trinajstić information content (AvgIpc) is 2.40. The maximum atomic E-state index is 8.56. The first-order valence-corrected chi connectivity index (χ1v) is 5.85. The third-order valence-electron chi connectivity index (χ3n) is 2.40. The Balaban J connectivity index is 1.91. The third-order valence-corrected chi connectivity index (χ3v) is 2.62. The molecule has 2 N–H and O–H groups in total. The highest BCUT2D eigenvalue weighted by Crippen LogP contribution is 2.14. The first kappa shape index (κ1) is 12.8. The van der Waals surface area contributed by atoms with Crippen molar-refractivity contribution in [3.8, 4) is 5.75 Å². The molecule has 0 unspecified atom stereocenters. The molecule has 5 heteroatoms. The van der Waals surface area contributed by atoms with Gasteiger partial charge in [-0.1, -0.05) is 29.8 Å². The lowest BCUT2D eigenvalue weighted by Crippen LogP contribution is -2.05. The van der Waals surface area contributed by atoms with Crippen molar-refractivity contribution in [3.63, 3.8) is 0 Å². The summed E-state index contributed by atoms with van der Waals surface area (Å²) in [7, 11) is 0. The van der Waals surface area contributed by atoms with E-state index in [9.17, 15) is 0 Å². The fraction of sp³-hybridized carbons (Fsp3) is 0.154. The standard InChI is InChI=1S/C13H13ClN2O2/c14-13-6-3-11(7-15-13)9-18-12-4-1-10(2-5-12)8-16-17/h1-7,16-17H,8-9H2. The fourth-order valence-corrected chi connectivity index (χ4v) is 1.57. The zero-order chi connectivity index (χ0) is 12.8. The van der Waals surface area contributed by atoms with Crippen molar-refractivity contribution in [2.45, 2.75) is 13.2 Å². The SMILES string of the molecule is ONCc1ccc(OCc2ccc(Cl)nc2)cc1. The molecule has 0 radical (unpaired) electrons. The molecule has 0 amide bonds. The van der Waals surface area contributed by atoms with E-state index in [0.717, 1.165) is 16.9 Å². The van der Waals surface area contributed by atoms with Gasteiger partial charge in [0.1, 0.15) is 17.5 Å². The van der Waals surface area contributed by atoms with Crippen LogP contribution in [0.2, 0.25) is 5.15 Å². The molecule has 0 aliphatic carbocycles. The second-order valence-electron chi connectivity index (χ2n) is 3.76. The van der Waals surface area contributed by atoms with Crippen molar-refractivity contribution in [1.29, 1.82) is 0 Å². The number of benzene rings is 1. The maximum absolute atomic E-state index is 8.56. The zero-order valence-electron chi connectivity index (χ0n) is 9.64. The van der Waals surface area contributed by atoms with Gasteiger partial charge in [0.25, 0.3) is 0 Å². The van der Waals surface area contributed by atoms with Crippen LogP contribution in [-0.2, 0) is 13.2 Å². The largest absolute Gasteiger partial charge is 0.489 e. The van der Waals surface area contributed by atoms with Gasteiger partial charge in [0, 0.05) is 18.3 Å².